The minimum Gasteiger partial charge on any atom is -0.0651 e. The first-order valence-corrected chi connectivity index (χ1v) is 37.9. The second-order valence-electron chi connectivity index (χ2n) is 35.0. The van der Waals surface area contributed by atoms with Crippen LogP contribution < -0.4 is 0 Å². The van der Waals surface area contributed by atoms with E-state index in [0.29, 0.717) is 22.7 Å². The topological polar surface area (TPSA) is 0 Å². The molecule has 0 nitrogen and oxygen atoms in total. The Labute approximate surface area is 559 Å². The third kappa shape index (κ3) is 48.4. The lowest BCUT2D eigenvalue weighted by molar-refractivity contribution is 0.0511. The number of rotatable bonds is 3. The van der Waals surface area contributed by atoms with Gasteiger partial charge in [-0.25, -0.2) is 0 Å². The summed E-state index contributed by atoms with van der Waals surface area (Å²) in [5.74, 6) is 3.50. The molecule has 0 unspecified atom stereocenters. The fourth-order valence-electron chi connectivity index (χ4n) is 14.2. The van der Waals surface area contributed by atoms with Gasteiger partial charge < -0.3 is 0 Å². The zero-order valence-corrected chi connectivity index (χ0v) is 63.4. The molecule has 85 heavy (non-hydrogen) atoms. The van der Waals surface area contributed by atoms with Crippen molar-refractivity contribution in [1.29, 1.82) is 0 Å². The van der Waals surface area contributed by atoms with E-state index < -0.39 is 25.5 Å². The Balaban J connectivity index is 0.00000105. The highest BCUT2D eigenvalue weighted by Crippen LogP contribution is 2.54. The van der Waals surface area contributed by atoms with Crippen molar-refractivity contribution in [2.45, 2.75) is 461 Å². The van der Waals surface area contributed by atoms with Gasteiger partial charge in [-0.05, 0) is 176 Å². The van der Waals surface area contributed by atoms with Crippen LogP contribution in [0.15, 0.2) is 0 Å². The van der Waals surface area contributed by atoms with Crippen LogP contribution in [-0.2, 0) is 0 Å². The first kappa shape index (κ1) is 66.5. The lowest BCUT2D eigenvalue weighted by Gasteiger charge is -2.47. The van der Waals surface area contributed by atoms with E-state index in [4.69, 9.17) is 15.1 Å². The van der Waals surface area contributed by atoms with Gasteiger partial charge in [0.1, 0.15) is 0 Å². The van der Waals surface area contributed by atoms with Crippen LogP contribution in [0.2, 0.25) is 0 Å². The summed E-state index contributed by atoms with van der Waals surface area (Å²) in [5.41, 5.74) is 3.40. The van der Waals surface area contributed by atoms with E-state index in [-0.39, 0.29) is 29.0 Å². The third-order valence-corrected chi connectivity index (χ3v) is 21.5. The van der Waals surface area contributed by atoms with Gasteiger partial charge in [0.25, 0.3) is 0 Å². The standard InChI is InChI=1S/C14H26.C12H22.C11H20.C8H16.2C7H14.C6H12.C6H14.2C5H12.C4H10/c1-12-4-6-14(7-5-12)10-8-13(2,3)9-11-14;1-11-5-9-12(10-6-11)7-3-2-4-8-12;1-10-4-8-11(9-5-10)6-2-3-7-11;1-2-8-6-4-3-5-7-8;1-7-5-3-2-4-6-7;1-2-7-5-3-4-6-7;1-6-4-2-3-5-6;1-5-6(2,3)4;1-5(2,3)4;1-4-5(2)3;1-4(2)3/h12H,4-11H2,1-3H3;11H,2-10H2,1H3;10H,2-9H2,1H3;8H,2-7H2,1H3;2*7H,2-6H2,1H3;6H,2-5H2,1H3;5H2,1-4H3;1-4H3;5H,4H2,1-3H3;4H,1-3H3/i;;;2D2;7D;2D2;6D;5D2;;4D2;4D. The molecule has 0 atom stereocenters. The molecule has 0 aliphatic heterocycles. The molecular formula is C85H172. The fourth-order valence-corrected chi connectivity index (χ4v) is 14.2. The molecule has 10 aliphatic rings. The van der Waals surface area contributed by atoms with Crippen LogP contribution in [0, 0.1) is 85.7 Å². The molecule has 10 aliphatic carbocycles. The average Bonchev–Trinajstić information content (AvgIpc) is 1.60. The summed E-state index contributed by atoms with van der Waals surface area (Å²) in [5, 5.41) is 0. The van der Waals surface area contributed by atoms with E-state index in [1.165, 1.54) is 173 Å². The summed E-state index contributed by atoms with van der Waals surface area (Å²) in [6.07, 6.45) is 55.8. The van der Waals surface area contributed by atoms with Crippen molar-refractivity contribution in [3.8, 4) is 0 Å². The van der Waals surface area contributed by atoms with Gasteiger partial charge in [0.15, 0.2) is 0 Å². The molecule has 0 bridgehead atoms. The van der Waals surface area contributed by atoms with Crippen LogP contribution in [0.4, 0.5) is 0 Å². The van der Waals surface area contributed by atoms with Gasteiger partial charge in [-0.1, -0.05) is 371 Å². The Hall–Kier alpha value is 0. The van der Waals surface area contributed by atoms with E-state index in [9.17, 15) is 0 Å². The summed E-state index contributed by atoms with van der Waals surface area (Å²) < 4.78 is 80.4. The van der Waals surface area contributed by atoms with Gasteiger partial charge in [-0.15, -0.1) is 0 Å². The Morgan fingerprint density at radius 1 is 0.365 bits per heavy atom. The van der Waals surface area contributed by atoms with E-state index in [0.717, 1.165) is 85.4 Å². The van der Waals surface area contributed by atoms with Crippen LogP contribution in [0.5, 0.6) is 0 Å². The second-order valence-corrected chi connectivity index (χ2v) is 35.0. The van der Waals surface area contributed by atoms with Gasteiger partial charge in [0, 0.05) is 15.1 Å². The molecule has 3 spiro atoms. The van der Waals surface area contributed by atoms with Crippen LogP contribution >= 0.6 is 0 Å². The zero-order valence-electron chi connectivity index (χ0n) is 74.4. The first-order chi connectivity index (χ1) is 43.4. The van der Waals surface area contributed by atoms with E-state index in [2.05, 4.69) is 62.3 Å². The van der Waals surface area contributed by atoms with Crippen LogP contribution in [0.3, 0.4) is 0 Å². The molecule has 0 N–H and O–H groups in total. The minimum atomic E-state index is -1.06. The predicted octanol–water partition coefficient (Wildman–Crippen LogP) is 31.2. The zero-order chi connectivity index (χ0) is 74.4. The molecule has 512 valence electrons. The SMILES string of the molecule is CC(C)(C)C.CC1CCC2(CC1)CCC(C)(C)CC2.CC1CCC2(CCCC2)CC1.CC1CCC2(CCCCC2)CC1.[2H]C(C)(C)C.[2H]C([2H])(C)C(C)(C)C.[2H]C([2H])(C)C(C)C.[2H]C([2H])(C)C1CCCC1.[2H]C([2H])(C)C1CCCCC1.[2H]C1(C)CCCC1.[2H]C1(C)CCCCC1. The molecule has 10 rings (SSSR count). The molecule has 0 aromatic carbocycles. The van der Waals surface area contributed by atoms with Gasteiger partial charge in [0.05, 0.1) is 0 Å². The maximum atomic E-state index is 7.63. The lowest BCUT2D eigenvalue weighted by Crippen LogP contribution is -2.34. The first-order valence-electron chi connectivity index (χ1n) is 43.4. The largest absolute Gasteiger partial charge is 0.0651 e. The van der Waals surface area contributed by atoms with Crippen molar-refractivity contribution < 1.29 is 15.1 Å². The third-order valence-electron chi connectivity index (χ3n) is 21.5. The van der Waals surface area contributed by atoms with Gasteiger partial charge in [-0.3, -0.25) is 0 Å². The van der Waals surface area contributed by atoms with Crippen molar-refractivity contribution in [2.24, 2.45) is 85.7 Å². The molecule has 10 saturated carbocycles. The molecule has 0 radical (unpaired) electrons. The molecule has 0 aromatic heterocycles. The molecule has 10 fully saturated rings. The molecule has 0 saturated heterocycles. The average molecular weight is 1210 g/mol. The van der Waals surface area contributed by atoms with Crippen molar-refractivity contribution in [1.82, 2.24) is 0 Å². The summed E-state index contributed by atoms with van der Waals surface area (Å²) in [4.78, 5) is 0. The van der Waals surface area contributed by atoms with Crippen LogP contribution in [-0.4, -0.2) is 0 Å². The lowest BCUT2D eigenvalue weighted by atomic mass is 9.59. The van der Waals surface area contributed by atoms with Crippen molar-refractivity contribution in [3.05, 3.63) is 0 Å². The number of hydrogen-bond acceptors (Lipinski definition) is 0. The van der Waals surface area contributed by atoms with Gasteiger partial charge in [-0.2, -0.15) is 0 Å². The smallest absolute Gasteiger partial charge is 0.0300 e. The molecule has 0 heteroatoms. The predicted molar refractivity (Wildman–Crippen MR) is 394 cm³/mol. The van der Waals surface area contributed by atoms with Gasteiger partial charge in [0.2, 0.25) is 0 Å². The van der Waals surface area contributed by atoms with E-state index >= 15 is 0 Å². The van der Waals surface area contributed by atoms with Crippen molar-refractivity contribution >= 4 is 0 Å². The molecular weight excluding hydrogens is 1020 g/mol. The highest BCUT2D eigenvalue weighted by atomic mass is 14.5. The maximum Gasteiger partial charge on any atom is 0.0300 e. The summed E-state index contributed by atoms with van der Waals surface area (Å²) in [6, 6.07) is 0. The monoisotopic (exact) mass is 1200 g/mol. The molecule has 0 heterocycles. The van der Waals surface area contributed by atoms with Crippen molar-refractivity contribution in [2.75, 3.05) is 0 Å². The second kappa shape index (κ2) is 47.8. The Bertz CT molecular complexity index is 1820. The summed E-state index contributed by atoms with van der Waals surface area (Å²) >= 11 is 0. The quantitative estimate of drug-likeness (QED) is 0.264. The Kier molecular flexibility index (Phi) is 37.4. The minimum absolute atomic E-state index is 0.0556. The Morgan fingerprint density at radius 2 is 0.576 bits per heavy atom. The maximum absolute atomic E-state index is 7.63. The molecule has 0 aromatic rings. The van der Waals surface area contributed by atoms with E-state index in [1.807, 2.05) is 69.2 Å². The summed E-state index contributed by atoms with van der Waals surface area (Å²) in [7, 11) is 0. The number of hydrogen-bond donors (Lipinski definition) is 0. The highest BCUT2D eigenvalue weighted by Gasteiger charge is 2.40. The van der Waals surface area contributed by atoms with Crippen LogP contribution in [0.25, 0.3) is 0 Å². The van der Waals surface area contributed by atoms with Crippen LogP contribution in [0.1, 0.15) is 476 Å². The van der Waals surface area contributed by atoms with Crippen molar-refractivity contribution in [3.63, 3.8) is 0 Å². The highest BCUT2D eigenvalue weighted by molar-refractivity contribution is 4.92. The molecule has 0 amide bonds. The fraction of sp³-hybridized carbons (Fsp3) is 1.00. The van der Waals surface area contributed by atoms with E-state index in [1.54, 1.807) is 79.1 Å². The normalized spacial score (nSPS) is 27.7. The summed E-state index contributed by atoms with van der Waals surface area (Å²) in [6.45, 7) is 46.6. The Morgan fingerprint density at radius 3 is 0.788 bits per heavy atom. The van der Waals surface area contributed by atoms with Gasteiger partial charge >= 0.3 is 0 Å².